The SMILES string of the molecule is CC1=NC(C)N=C1N1C(=O)C(C(=O)Nc2ccc(-c3cc(C4CCN(C(=O)C(C)C)CC4)n4ncnc(N)c34)cc2)C=[N+](C(C)C)C1=O. The Hall–Kier alpha value is -5.27. The minimum absolute atomic E-state index is 0.0347. The molecule has 14 nitrogen and oxygen atoms in total. The molecule has 5 heterocycles. The maximum absolute atomic E-state index is 13.6. The summed E-state index contributed by atoms with van der Waals surface area (Å²) in [4.78, 5) is 68.8. The molecule has 5 amide bonds. The second kappa shape index (κ2) is 12.7. The Morgan fingerprint density at radius 1 is 1.04 bits per heavy atom. The number of nitrogens with one attached hydrogen (secondary N) is 1. The standard InChI is InChI=1S/C34H40N10O4/c1-18(2)32(46)41-13-11-23(12-14-41)27-15-25(28-29(35)36-17-37-44(27)28)22-7-9-24(10-8-22)40-31(45)26-16-42(19(3)4)34(48)43(33(26)47)30-20(5)38-21(6)39-30/h7-10,15-19,21,23,26H,11-14H2,1-6H3,(H2-,35,36,37,40,45)/p+1. The van der Waals surface area contributed by atoms with Gasteiger partial charge in [0.1, 0.15) is 23.7 Å². The van der Waals surface area contributed by atoms with E-state index in [1.54, 1.807) is 26.0 Å². The van der Waals surface area contributed by atoms with Crippen LogP contribution < -0.4 is 11.1 Å². The van der Waals surface area contributed by atoms with Gasteiger partial charge in [0, 0.05) is 41.9 Å². The van der Waals surface area contributed by atoms with Gasteiger partial charge < -0.3 is 16.0 Å². The van der Waals surface area contributed by atoms with Gasteiger partial charge in [-0.2, -0.15) is 14.5 Å². The van der Waals surface area contributed by atoms with E-state index in [0.29, 0.717) is 35.8 Å². The number of likely N-dealkylation sites (tertiary alicyclic amines) is 1. The molecule has 2 atom stereocenters. The van der Waals surface area contributed by atoms with E-state index in [4.69, 9.17) is 5.73 Å². The van der Waals surface area contributed by atoms with Gasteiger partial charge >= 0.3 is 11.9 Å². The lowest BCUT2D eigenvalue weighted by molar-refractivity contribution is -0.466. The molecule has 14 heteroatoms. The fraction of sp³-hybridized carbons (Fsp3) is 0.441. The van der Waals surface area contributed by atoms with Gasteiger partial charge in [-0.3, -0.25) is 14.6 Å². The average Bonchev–Trinajstić information content (AvgIpc) is 3.61. The number of rotatable bonds is 6. The lowest BCUT2D eigenvalue weighted by Gasteiger charge is -2.33. The molecule has 3 aromatic rings. The van der Waals surface area contributed by atoms with Crippen LogP contribution in [0, 0.1) is 11.8 Å². The highest BCUT2D eigenvalue weighted by Crippen LogP contribution is 2.37. The van der Waals surface area contributed by atoms with Gasteiger partial charge in [-0.15, -0.1) is 4.90 Å². The first-order chi connectivity index (χ1) is 22.8. The first-order valence-corrected chi connectivity index (χ1v) is 16.3. The number of nitrogens with zero attached hydrogens (tertiary/aromatic N) is 8. The summed E-state index contributed by atoms with van der Waals surface area (Å²) in [5.41, 5.74) is 10.7. The zero-order valence-electron chi connectivity index (χ0n) is 28.0. The van der Waals surface area contributed by atoms with Crippen molar-refractivity contribution >= 4 is 58.5 Å². The predicted molar refractivity (Wildman–Crippen MR) is 182 cm³/mol. The number of benzene rings is 1. The number of amides is 5. The number of piperidine rings is 1. The number of imide groups is 1. The number of nitrogens with two attached hydrogens (primary N) is 1. The Morgan fingerprint density at radius 2 is 1.73 bits per heavy atom. The van der Waals surface area contributed by atoms with E-state index < -0.39 is 29.9 Å². The van der Waals surface area contributed by atoms with Gasteiger partial charge in [-0.25, -0.2) is 19.3 Å². The molecule has 0 radical (unpaired) electrons. The van der Waals surface area contributed by atoms with Crippen molar-refractivity contribution in [1.82, 2.24) is 24.4 Å². The van der Waals surface area contributed by atoms with E-state index in [-0.39, 0.29) is 29.6 Å². The monoisotopic (exact) mass is 653 g/mol. The van der Waals surface area contributed by atoms with Crippen LogP contribution in [0.4, 0.5) is 16.3 Å². The molecular formula is C34H41N10O4+. The highest BCUT2D eigenvalue weighted by molar-refractivity contribution is 6.47. The molecule has 250 valence electrons. The number of fused-ring (bicyclic) bond motifs is 1. The average molecular weight is 654 g/mol. The lowest BCUT2D eigenvalue weighted by atomic mass is 9.92. The fourth-order valence-corrected chi connectivity index (χ4v) is 6.58. The summed E-state index contributed by atoms with van der Waals surface area (Å²) in [6.45, 7) is 12.3. The Balaban J connectivity index is 1.24. The molecule has 2 unspecified atom stereocenters. The maximum Gasteiger partial charge on any atom is 0.507 e. The topological polar surface area (TPSA) is 171 Å². The first kappa shape index (κ1) is 32.7. The minimum atomic E-state index is -1.26. The molecule has 0 aliphatic carbocycles. The molecule has 1 aromatic carbocycles. The summed E-state index contributed by atoms with van der Waals surface area (Å²) in [6, 6.07) is 8.45. The molecule has 2 aromatic heterocycles. The molecule has 48 heavy (non-hydrogen) atoms. The molecule has 6 rings (SSSR count). The Morgan fingerprint density at radius 3 is 2.33 bits per heavy atom. The van der Waals surface area contributed by atoms with Gasteiger partial charge in [0.25, 0.3) is 5.84 Å². The minimum Gasteiger partial charge on any atom is -0.382 e. The molecule has 3 aliphatic rings. The van der Waals surface area contributed by atoms with Crippen LogP contribution in [-0.2, 0) is 14.4 Å². The number of hydrogen-bond donors (Lipinski definition) is 2. The van der Waals surface area contributed by atoms with Crippen molar-refractivity contribution in [3.63, 3.8) is 0 Å². The van der Waals surface area contributed by atoms with E-state index >= 15 is 0 Å². The number of amidine groups is 1. The number of urea groups is 1. The summed E-state index contributed by atoms with van der Waals surface area (Å²) >= 11 is 0. The predicted octanol–water partition coefficient (Wildman–Crippen LogP) is 3.57. The number of carbonyl (C=O) groups excluding carboxylic acids is 4. The summed E-state index contributed by atoms with van der Waals surface area (Å²) < 4.78 is 3.22. The van der Waals surface area contributed by atoms with Crippen molar-refractivity contribution in [3.8, 4) is 11.1 Å². The van der Waals surface area contributed by atoms with Crippen molar-refractivity contribution in [2.24, 2.45) is 21.8 Å². The molecule has 0 saturated carbocycles. The van der Waals surface area contributed by atoms with Crippen LogP contribution in [-0.4, -0.2) is 95.8 Å². The molecule has 3 aliphatic heterocycles. The van der Waals surface area contributed by atoms with Crippen molar-refractivity contribution in [2.75, 3.05) is 24.1 Å². The third kappa shape index (κ3) is 5.86. The third-order valence-corrected chi connectivity index (χ3v) is 9.06. The summed E-state index contributed by atoms with van der Waals surface area (Å²) in [6.07, 6.45) is 4.02. The molecule has 3 N–H and O–H groups in total. The maximum atomic E-state index is 13.6. The number of carbonyl (C=O) groups is 4. The van der Waals surface area contributed by atoms with Gasteiger partial charge in [0.15, 0.2) is 11.7 Å². The van der Waals surface area contributed by atoms with Crippen molar-refractivity contribution in [1.29, 1.82) is 0 Å². The van der Waals surface area contributed by atoms with Gasteiger partial charge in [-0.1, -0.05) is 26.0 Å². The molecule has 1 fully saturated rings. The second-order valence-corrected chi connectivity index (χ2v) is 13.1. The van der Waals surface area contributed by atoms with E-state index in [1.807, 2.05) is 49.2 Å². The Kier molecular flexibility index (Phi) is 8.67. The summed E-state index contributed by atoms with van der Waals surface area (Å²) in [7, 11) is 0. The van der Waals surface area contributed by atoms with Crippen LogP contribution >= 0.6 is 0 Å². The van der Waals surface area contributed by atoms with Crippen LogP contribution in [0.5, 0.6) is 0 Å². The number of anilines is 2. The second-order valence-electron chi connectivity index (χ2n) is 13.1. The van der Waals surface area contributed by atoms with E-state index in [9.17, 15) is 19.2 Å². The molecule has 0 bridgehead atoms. The van der Waals surface area contributed by atoms with Crippen LogP contribution in [0.2, 0.25) is 0 Å². The summed E-state index contributed by atoms with van der Waals surface area (Å²) in [5, 5.41) is 7.37. The third-order valence-electron chi connectivity index (χ3n) is 9.06. The number of aliphatic imine (C=N–C) groups is 2. The van der Waals surface area contributed by atoms with Crippen molar-refractivity contribution in [2.45, 2.75) is 72.5 Å². The zero-order valence-corrected chi connectivity index (χ0v) is 28.0. The van der Waals surface area contributed by atoms with Gasteiger partial charge in [0.2, 0.25) is 11.8 Å². The van der Waals surface area contributed by atoms with Crippen LogP contribution in [0.1, 0.15) is 66.0 Å². The van der Waals surface area contributed by atoms with Crippen LogP contribution in [0.15, 0.2) is 46.6 Å². The summed E-state index contributed by atoms with van der Waals surface area (Å²) in [5.74, 6) is -1.69. The highest BCUT2D eigenvalue weighted by atomic mass is 16.2. The van der Waals surface area contributed by atoms with Crippen molar-refractivity contribution < 1.29 is 23.8 Å². The van der Waals surface area contributed by atoms with E-state index in [2.05, 4.69) is 31.5 Å². The van der Waals surface area contributed by atoms with Crippen LogP contribution in [0.3, 0.4) is 0 Å². The van der Waals surface area contributed by atoms with E-state index in [1.165, 1.54) is 17.1 Å². The normalized spacial score (nSPS) is 20.5. The molecule has 1 saturated heterocycles. The smallest absolute Gasteiger partial charge is 0.382 e. The Bertz CT molecular complexity index is 1900. The Labute approximate surface area is 278 Å². The van der Waals surface area contributed by atoms with E-state index in [0.717, 1.165) is 34.6 Å². The largest absolute Gasteiger partial charge is 0.507 e. The number of aromatic nitrogens is 3. The van der Waals surface area contributed by atoms with Crippen LogP contribution in [0.25, 0.3) is 16.6 Å². The quantitative estimate of drug-likeness (QED) is 0.303. The number of hydrogen-bond acceptors (Lipinski definition) is 9. The molecule has 0 spiro atoms. The first-order valence-electron chi connectivity index (χ1n) is 16.3. The lowest BCUT2D eigenvalue weighted by Crippen LogP contribution is -2.58. The number of nitrogen functional groups attached to an aromatic ring is 1. The van der Waals surface area contributed by atoms with Crippen molar-refractivity contribution in [3.05, 3.63) is 42.4 Å². The van der Waals surface area contributed by atoms with Gasteiger partial charge in [0.05, 0.1) is 12.3 Å². The zero-order chi connectivity index (χ0) is 34.4. The highest BCUT2D eigenvalue weighted by Gasteiger charge is 2.51. The fourth-order valence-electron chi connectivity index (χ4n) is 6.58. The van der Waals surface area contributed by atoms with Gasteiger partial charge in [-0.05, 0) is 64.3 Å². The molecular weight excluding hydrogens is 612 g/mol.